The van der Waals surface area contributed by atoms with E-state index in [1.54, 1.807) is 11.8 Å². The van der Waals surface area contributed by atoms with E-state index in [0.717, 1.165) is 30.6 Å². The molecule has 0 saturated heterocycles. The lowest BCUT2D eigenvalue weighted by Gasteiger charge is -2.23. The average Bonchev–Trinajstić information content (AvgIpc) is 3.02. The molecule has 2 rings (SSSR count). The van der Waals surface area contributed by atoms with Gasteiger partial charge >= 0.3 is 5.97 Å². The monoisotopic (exact) mass is 423 g/mol. The fourth-order valence-electron chi connectivity index (χ4n) is 4.10. The second-order valence-electron chi connectivity index (χ2n) is 7.84. The molecule has 1 aliphatic rings. The third-order valence-corrected chi connectivity index (χ3v) is 6.82. The summed E-state index contributed by atoms with van der Waals surface area (Å²) in [6, 6.07) is 9.96. The summed E-state index contributed by atoms with van der Waals surface area (Å²) in [5.41, 5.74) is 0.635. The van der Waals surface area contributed by atoms with Crippen molar-refractivity contribution < 1.29 is 25.3 Å². The minimum absolute atomic E-state index is 0.00889. The normalized spacial score (nSPS) is 24.1. The van der Waals surface area contributed by atoms with Gasteiger partial charge in [0.2, 0.25) is 0 Å². The predicted molar refractivity (Wildman–Crippen MR) is 115 cm³/mol. The number of rotatable bonds is 13. The molecular weight excluding hydrogens is 390 g/mol. The molecule has 1 aromatic rings. The maximum atomic E-state index is 10.6. The van der Waals surface area contributed by atoms with Crippen LogP contribution in [-0.2, 0) is 4.79 Å². The molecule has 162 valence electrons. The fraction of sp³-hybridized carbons (Fsp3) is 0.636. The molecule has 6 nitrogen and oxygen atoms in total. The van der Waals surface area contributed by atoms with E-state index >= 15 is 0 Å². The van der Waals surface area contributed by atoms with Crippen LogP contribution in [0.5, 0.6) is 0 Å². The van der Waals surface area contributed by atoms with Crippen LogP contribution < -0.4 is 0 Å². The average molecular weight is 424 g/mol. The van der Waals surface area contributed by atoms with Crippen LogP contribution in [0.2, 0.25) is 0 Å². The number of aliphatic hydroxyl groups is 2. The summed E-state index contributed by atoms with van der Waals surface area (Å²) in [7, 11) is 0. The fourth-order valence-corrected chi connectivity index (χ4v) is 5.00. The summed E-state index contributed by atoms with van der Waals surface area (Å²) in [6.07, 6.45) is 5.16. The largest absolute Gasteiger partial charge is 0.481 e. The SMILES string of the molecule is O=C(O)CCCCCCC1C(O)C/C(=N/O)C1CCC(O)CSc1ccccc1. The summed E-state index contributed by atoms with van der Waals surface area (Å²) in [6.45, 7) is 0. The lowest BCUT2D eigenvalue weighted by molar-refractivity contribution is -0.137. The first-order chi connectivity index (χ1) is 14.0. The van der Waals surface area contributed by atoms with Crippen molar-refractivity contribution >= 4 is 23.4 Å². The summed E-state index contributed by atoms with van der Waals surface area (Å²) >= 11 is 1.62. The van der Waals surface area contributed by atoms with Crippen LogP contribution in [0.4, 0.5) is 0 Å². The molecule has 1 saturated carbocycles. The number of aliphatic hydroxyl groups excluding tert-OH is 2. The standard InChI is InChI=1S/C22H33NO5S/c24-16(15-29-17-8-4-3-5-9-17)12-13-18-19(21(25)14-20(18)23-28)10-6-1-2-7-11-22(26)27/h3-5,8-9,16,18-19,21,24-25,28H,1-2,6-7,10-15H2,(H,26,27)/b23-20-. The van der Waals surface area contributed by atoms with Gasteiger partial charge in [0.25, 0.3) is 0 Å². The number of oxime groups is 1. The number of hydrogen-bond donors (Lipinski definition) is 4. The van der Waals surface area contributed by atoms with Crippen LogP contribution >= 0.6 is 11.8 Å². The Kier molecular flexibility index (Phi) is 10.5. The number of carboxylic acid groups (broad SMARTS) is 1. The molecule has 4 atom stereocenters. The Balaban J connectivity index is 1.76. The van der Waals surface area contributed by atoms with Crippen molar-refractivity contribution in [3.8, 4) is 0 Å². The van der Waals surface area contributed by atoms with Crippen molar-refractivity contribution in [2.24, 2.45) is 17.0 Å². The third-order valence-electron chi connectivity index (χ3n) is 5.66. The highest BCUT2D eigenvalue weighted by Crippen LogP contribution is 2.37. The topological polar surface area (TPSA) is 110 Å². The molecule has 0 heterocycles. The smallest absolute Gasteiger partial charge is 0.303 e. The lowest BCUT2D eigenvalue weighted by atomic mass is 9.85. The van der Waals surface area contributed by atoms with E-state index in [4.69, 9.17) is 5.11 Å². The zero-order valence-corrected chi connectivity index (χ0v) is 17.6. The van der Waals surface area contributed by atoms with E-state index in [1.807, 2.05) is 30.3 Å². The molecule has 0 aromatic heterocycles. The van der Waals surface area contributed by atoms with Gasteiger partial charge in [0.15, 0.2) is 0 Å². The first-order valence-corrected chi connectivity index (χ1v) is 11.5. The van der Waals surface area contributed by atoms with Gasteiger partial charge < -0.3 is 20.5 Å². The van der Waals surface area contributed by atoms with Crippen molar-refractivity contribution in [2.75, 3.05) is 5.75 Å². The summed E-state index contributed by atoms with van der Waals surface area (Å²) in [5.74, 6) is -0.122. The highest BCUT2D eigenvalue weighted by Gasteiger charge is 2.39. The number of carboxylic acids is 1. The Bertz CT molecular complexity index is 639. The van der Waals surface area contributed by atoms with Crippen LogP contribution in [0.25, 0.3) is 0 Å². The Morgan fingerprint density at radius 3 is 2.55 bits per heavy atom. The number of aliphatic carboxylic acids is 1. The van der Waals surface area contributed by atoms with E-state index in [9.17, 15) is 20.2 Å². The molecule has 0 amide bonds. The van der Waals surface area contributed by atoms with E-state index < -0.39 is 18.2 Å². The summed E-state index contributed by atoms with van der Waals surface area (Å²) in [4.78, 5) is 11.7. The Labute approximate surface area is 177 Å². The van der Waals surface area contributed by atoms with Crippen molar-refractivity contribution in [3.63, 3.8) is 0 Å². The maximum Gasteiger partial charge on any atom is 0.303 e. The second kappa shape index (κ2) is 12.9. The van der Waals surface area contributed by atoms with E-state index in [0.29, 0.717) is 37.1 Å². The van der Waals surface area contributed by atoms with Gasteiger partial charge in [-0.05, 0) is 43.7 Å². The Morgan fingerprint density at radius 2 is 1.86 bits per heavy atom. The van der Waals surface area contributed by atoms with E-state index in [-0.39, 0.29) is 18.3 Å². The maximum absolute atomic E-state index is 10.6. The molecule has 4 N–H and O–H groups in total. The zero-order chi connectivity index (χ0) is 21.1. The van der Waals surface area contributed by atoms with Crippen LogP contribution in [0.1, 0.15) is 57.8 Å². The van der Waals surface area contributed by atoms with Gasteiger partial charge in [-0.1, -0.05) is 42.6 Å². The molecule has 1 aromatic carbocycles. The molecule has 0 aliphatic heterocycles. The van der Waals surface area contributed by atoms with E-state index in [2.05, 4.69) is 5.16 Å². The number of thioether (sulfide) groups is 1. The molecule has 0 radical (unpaired) electrons. The van der Waals surface area contributed by atoms with Crippen LogP contribution in [0, 0.1) is 11.8 Å². The van der Waals surface area contributed by atoms with Gasteiger partial charge in [-0.15, -0.1) is 11.8 Å². The van der Waals surface area contributed by atoms with Crippen molar-refractivity contribution in [2.45, 2.75) is 74.9 Å². The van der Waals surface area contributed by atoms with Crippen molar-refractivity contribution in [3.05, 3.63) is 30.3 Å². The van der Waals surface area contributed by atoms with Crippen LogP contribution in [0.15, 0.2) is 40.4 Å². The Morgan fingerprint density at radius 1 is 1.14 bits per heavy atom. The van der Waals surface area contributed by atoms with Gasteiger partial charge in [0, 0.05) is 29.4 Å². The number of hydrogen-bond acceptors (Lipinski definition) is 6. The number of benzene rings is 1. The first-order valence-electron chi connectivity index (χ1n) is 10.5. The molecule has 7 heteroatoms. The minimum Gasteiger partial charge on any atom is -0.481 e. The highest BCUT2D eigenvalue weighted by molar-refractivity contribution is 7.99. The molecular formula is C22H33NO5S. The molecule has 0 bridgehead atoms. The highest BCUT2D eigenvalue weighted by atomic mass is 32.2. The number of carbonyl (C=O) groups is 1. The van der Waals surface area contributed by atoms with Gasteiger partial charge in [0.1, 0.15) is 0 Å². The van der Waals surface area contributed by atoms with Crippen LogP contribution in [-0.4, -0.2) is 50.2 Å². The lowest BCUT2D eigenvalue weighted by Crippen LogP contribution is -2.23. The van der Waals surface area contributed by atoms with Crippen LogP contribution in [0.3, 0.4) is 0 Å². The quantitative estimate of drug-likeness (QED) is 0.164. The molecule has 0 spiro atoms. The first kappa shape index (κ1) is 23.7. The zero-order valence-electron chi connectivity index (χ0n) is 16.8. The van der Waals surface area contributed by atoms with E-state index in [1.165, 1.54) is 0 Å². The van der Waals surface area contributed by atoms with Gasteiger partial charge in [-0.25, -0.2) is 0 Å². The molecule has 4 unspecified atom stereocenters. The summed E-state index contributed by atoms with van der Waals surface area (Å²) < 4.78 is 0. The molecule has 1 aliphatic carbocycles. The summed E-state index contributed by atoms with van der Waals surface area (Å²) in [5, 5.41) is 42.2. The number of unbranched alkanes of at least 4 members (excludes halogenated alkanes) is 3. The molecule has 1 fully saturated rings. The predicted octanol–water partition coefficient (Wildman–Crippen LogP) is 4.17. The van der Waals surface area contributed by atoms with Gasteiger partial charge in [0.05, 0.1) is 17.9 Å². The van der Waals surface area contributed by atoms with Crippen molar-refractivity contribution in [1.82, 2.24) is 0 Å². The minimum atomic E-state index is -0.760. The number of nitrogens with zero attached hydrogens (tertiary/aromatic N) is 1. The Hall–Kier alpha value is -1.57. The third kappa shape index (κ3) is 8.36. The van der Waals surface area contributed by atoms with Gasteiger partial charge in [-0.3, -0.25) is 4.79 Å². The molecule has 29 heavy (non-hydrogen) atoms. The van der Waals surface area contributed by atoms with Gasteiger partial charge in [-0.2, -0.15) is 0 Å². The second-order valence-corrected chi connectivity index (χ2v) is 8.93. The van der Waals surface area contributed by atoms with Crippen molar-refractivity contribution in [1.29, 1.82) is 0 Å².